The van der Waals surface area contributed by atoms with Gasteiger partial charge in [-0.25, -0.2) is 0 Å². The van der Waals surface area contributed by atoms with E-state index in [4.69, 9.17) is 0 Å². The second-order valence-electron chi connectivity index (χ2n) is 3.97. The first kappa shape index (κ1) is 11.1. The van der Waals surface area contributed by atoms with Crippen molar-refractivity contribution >= 4 is 17.1 Å². The molecule has 2 aromatic rings. The Bertz CT molecular complexity index is 511. The van der Waals surface area contributed by atoms with Crippen LogP contribution < -0.4 is 0 Å². The van der Waals surface area contributed by atoms with E-state index in [0.717, 1.165) is 11.1 Å². The van der Waals surface area contributed by atoms with Crippen LogP contribution in [0.1, 0.15) is 26.4 Å². The van der Waals surface area contributed by atoms with Gasteiger partial charge in [0.15, 0.2) is 5.78 Å². The molecular formula is C14H14OS. The Hall–Kier alpha value is -1.41. The summed E-state index contributed by atoms with van der Waals surface area (Å²) >= 11 is 1.63. The average molecular weight is 230 g/mol. The number of carbonyl (C=O) groups is 1. The molecule has 16 heavy (non-hydrogen) atoms. The molecule has 0 N–H and O–H groups in total. The lowest BCUT2D eigenvalue weighted by atomic mass is 10.0. The van der Waals surface area contributed by atoms with Gasteiger partial charge in [-0.2, -0.15) is 0 Å². The molecule has 2 heteroatoms. The van der Waals surface area contributed by atoms with Gasteiger partial charge in [0.25, 0.3) is 0 Å². The molecule has 82 valence electrons. The lowest BCUT2D eigenvalue weighted by Crippen LogP contribution is -2.03. The summed E-state index contributed by atoms with van der Waals surface area (Å²) in [5.41, 5.74) is 3.14. The van der Waals surface area contributed by atoms with Crippen LogP contribution in [-0.2, 0) is 6.42 Å². The Labute approximate surface area is 99.8 Å². The Morgan fingerprint density at radius 3 is 2.62 bits per heavy atom. The standard InChI is InChI=1S/C14H14OS/c1-10-5-3-4-6-12(10)8-14(15)13-7-11(2)16-9-13/h3-7,9H,8H2,1-2H3. The molecule has 0 saturated carbocycles. The topological polar surface area (TPSA) is 17.1 Å². The van der Waals surface area contributed by atoms with Crippen LogP contribution in [-0.4, -0.2) is 5.78 Å². The third-order valence-corrected chi connectivity index (χ3v) is 3.53. The molecule has 0 aliphatic carbocycles. The quantitative estimate of drug-likeness (QED) is 0.733. The van der Waals surface area contributed by atoms with Gasteiger partial charge in [-0.05, 0) is 31.0 Å². The molecule has 0 fully saturated rings. The van der Waals surface area contributed by atoms with E-state index in [0.29, 0.717) is 6.42 Å². The van der Waals surface area contributed by atoms with E-state index in [1.54, 1.807) is 11.3 Å². The van der Waals surface area contributed by atoms with Gasteiger partial charge >= 0.3 is 0 Å². The maximum atomic E-state index is 12.0. The Balaban J connectivity index is 2.17. The van der Waals surface area contributed by atoms with Crippen LogP contribution in [0.4, 0.5) is 0 Å². The molecule has 0 atom stereocenters. The van der Waals surface area contributed by atoms with Crippen LogP contribution >= 0.6 is 11.3 Å². The van der Waals surface area contributed by atoms with E-state index in [-0.39, 0.29) is 5.78 Å². The van der Waals surface area contributed by atoms with Crippen molar-refractivity contribution in [3.63, 3.8) is 0 Å². The molecular weight excluding hydrogens is 216 g/mol. The van der Waals surface area contributed by atoms with Crippen molar-refractivity contribution in [1.82, 2.24) is 0 Å². The second-order valence-corrected chi connectivity index (χ2v) is 5.09. The number of hydrogen-bond acceptors (Lipinski definition) is 2. The van der Waals surface area contributed by atoms with Gasteiger partial charge in [-0.15, -0.1) is 11.3 Å². The fourth-order valence-electron chi connectivity index (χ4n) is 1.67. The van der Waals surface area contributed by atoms with Crippen molar-refractivity contribution in [2.24, 2.45) is 0 Å². The minimum absolute atomic E-state index is 0.207. The lowest BCUT2D eigenvalue weighted by molar-refractivity contribution is 0.0993. The minimum Gasteiger partial charge on any atom is -0.294 e. The molecule has 0 spiro atoms. The number of benzene rings is 1. The third-order valence-electron chi connectivity index (χ3n) is 2.66. The van der Waals surface area contributed by atoms with Crippen LogP contribution in [0.5, 0.6) is 0 Å². The molecule has 1 aromatic heterocycles. The molecule has 0 unspecified atom stereocenters. The van der Waals surface area contributed by atoms with Gasteiger partial charge in [-0.1, -0.05) is 24.3 Å². The highest BCUT2D eigenvalue weighted by molar-refractivity contribution is 7.10. The number of thiophene rings is 1. The molecule has 1 aromatic carbocycles. The van der Waals surface area contributed by atoms with Crippen LogP contribution in [0.3, 0.4) is 0 Å². The number of aryl methyl sites for hydroxylation is 2. The van der Waals surface area contributed by atoms with Gasteiger partial charge in [0.2, 0.25) is 0 Å². The minimum atomic E-state index is 0.207. The van der Waals surface area contributed by atoms with E-state index < -0.39 is 0 Å². The van der Waals surface area contributed by atoms with Crippen LogP contribution in [0.15, 0.2) is 35.7 Å². The summed E-state index contributed by atoms with van der Waals surface area (Å²) in [4.78, 5) is 13.2. The largest absolute Gasteiger partial charge is 0.294 e. The Morgan fingerprint density at radius 2 is 2.00 bits per heavy atom. The number of Topliss-reactive ketones (excluding diaryl/α,β-unsaturated/α-hetero) is 1. The smallest absolute Gasteiger partial charge is 0.168 e. The molecule has 0 amide bonds. The van der Waals surface area contributed by atoms with Crippen molar-refractivity contribution in [3.05, 3.63) is 57.3 Å². The van der Waals surface area contributed by atoms with Crippen molar-refractivity contribution in [2.75, 3.05) is 0 Å². The Morgan fingerprint density at radius 1 is 1.25 bits per heavy atom. The van der Waals surface area contributed by atoms with Crippen LogP contribution in [0.25, 0.3) is 0 Å². The van der Waals surface area contributed by atoms with Gasteiger partial charge in [0.05, 0.1) is 0 Å². The van der Waals surface area contributed by atoms with Gasteiger partial charge in [0.1, 0.15) is 0 Å². The molecule has 0 saturated heterocycles. The first-order chi connectivity index (χ1) is 7.66. The molecule has 2 rings (SSSR count). The lowest BCUT2D eigenvalue weighted by Gasteiger charge is -2.03. The first-order valence-electron chi connectivity index (χ1n) is 5.29. The van der Waals surface area contributed by atoms with E-state index >= 15 is 0 Å². The van der Waals surface area contributed by atoms with Crippen LogP contribution in [0, 0.1) is 13.8 Å². The Kier molecular flexibility index (Phi) is 3.20. The monoisotopic (exact) mass is 230 g/mol. The summed E-state index contributed by atoms with van der Waals surface area (Å²) < 4.78 is 0. The number of hydrogen-bond donors (Lipinski definition) is 0. The zero-order valence-corrected chi connectivity index (χ0v) is 10.3. The number of carbonyl (C=O) groups excluding carboxylic acids is 1. The van der Waals surface area contributed by atoms with Crippen molar-refractivity contribution in [1.29, 1.82) is 0 Å². The van der Waals surface area contributed by atoms with Crippen LogP contribution in [0.2, 0.25) is 0 Å². The molecule has 1 nitrogen and oxygen atoms in total. The number of rotatable bonds is 3. The fourth-order valence-corrected chi connectivity index (χ4v) is 2.38. The average Bonchev–Trinajstić information content (AvgIpc) is 2.68. The van der Waals surface area contributed by atoms with Crippen molar-refractivity contribution < 1.29 is 4.79 Å². The number of ketones is 1. The maximum absolute atomic E-state index is 12.0. The molecule has 1 heterocycles. The molecule has 0 radical (unpaired) electrons. The van der Waals surface area contributed by atoms with Crippen molar-refractivity contribution in [3.8, 4) is 0 Å². The zero-order valence-electron chi connectivity index (χ0n) is 9.49. The van der Waals surface area contributed by atoms with E-state index in [2.05, 4.69) is 0 Å². The SMILES string of the molecule is Cc1cc(C(=O)Cc2ccccc2C)cs1. The summed E-state index contributed by atoms with van der Waals surface area (Å²) in [6, 6.07) is 10.0. The normalized spacial score (nSPS) is 10.4. The molecule has 0 bridgehead atoms. The maximum Gasteiger partial charge on any atom is 0.168 e. The van der Waals surface area contributed by atoms with Gasteiger partial charge in [0, 0.05) is 22.2 Å². The fraction of sp³-hybridized carbons (Fsp3) is 0.214. The highest BCUT2D eigenvalue weighted by atomic mass is 32.1. The first-order valence-corrected chi connectivity index (χ1v) is 6.17. The summed E-state index contributed by atoms with van der Waals surface area (Å²) in [7, 11) is 0. The summed E-state index contributed by atoms with van der Waals surface area (Å²) in [5, 5.41) is 1.94. The third kappa shape index (κ3) is 2.39. The van der Waals surface area contributed by atoms with Crippen molar-refractivity contribution in [2.45, 2.75) is 20.3 Å². The summed E-state index contributed by atoms with van der Waals surface area (Å²) in [5.74, 6) is 0.207. The van der Waals surface area contributed by atoms with E-state index in [9.17, 15) is 4.79 Å². The zero-order chi connectivity index (χ0) is 11.5. The van der Waals surface area contributed by atoms with E-state index in [1.807, 2.05) is 49.6 Å². The van der Waals surface area contributed by atoms with Gasteiger partial charge in [-0.3, -0.25) is 4.79 Å². The molecule has 0 aliphatic heterocycles. The molecule has 0 aliphatic rings. The second kappa shape index (κ2) is 4.62. The summed E-state index contributed by atoms with van der Waals surface area (Å²) in [6.07, 6.45) is 0.503. The highest BCUT2D eigenvalue weighted by Gasteiger charge is 2.09. The highest BCUT2D eigenvalue weighted by Crippen LogP contribution is 2.16. The predicted molar refractivity (Wildman–Crippen MR) is 68.3 cm³/mol. The summed E-state index contributed by atoms with van der Waals surface area (Å²) in [6.45, 7) is 4.07. The predicted octanol–water partition coefficient (Wildman–Crippen LogP) is 3.79. The van der Waals surface area contributed by atoms with Gasteiger partial charge < -0.3 is 0 Å². The van der Waals surface area contributed by atoms with E-state index in [1.165, 1.54) is 10.4 Å².